The molecule has 0 fully saturated rings. The van der Waals surface area contributed by atoms with Gasteiger partial charge >= 0.3 is 287 Å². The third-order valence-corrected chi connectivity index (χ3v) is 19.5. The summed E-state index contributed by atoms with van der Waals surface area (Å²) in [6.45, 7) is 2.41. The molecule has 1 heteroatoms. The number of hydrogen-bond acceptors (Lipinski definition) is 0. The Balaban J connectivity index is 1.35. The zero-order valence-electron chi connectivity index (χ0n) is 26.4. The van der Waals surface area contributed by atoms with Crippen molar-refractivity contribution in [2.24, 2.45) is 0 Å². The van der Waals surface area contributed by atoms with Gasteiger partial charge in [-0.2, -0.15) is 0 Å². The summed E-state index contributed by atoms with van der Waals surface area (Å²) in [5, 5.41) is 2.57. The van der Waals surface area contributed by atoms with Crippen molar-refractivity contribution < 1.29 is 21.3 Å². The van der Waals surface area contributed by atoms with E-state index in [1.807, 2.05) is 0 Å². The zero-order chi connectivity index (χ0) is 31.3. The molecule has 7 aromatic carbocycles. The van der Waals surface area contributed by atoms with Gasteiger partial charge in [0.15, 0.2) is 0 Å². The second kappa shape index (κ2) is 11.8. The topological polar surface area (TPSA) is 0 Å². The summed E-state index contributed by atoms with van der Waals surface area (Å²) in [4.78, 5) is 0. The molecule has 0 aliphatic heterocycles. The maximum atomic E-state index is 2.53. The predicted molar refractivity (Wildman–Crippen MR) is 196 cm³/mol. The Hall–Kier alpha value is -4.71. The molecule has 222 valence electrons. The first-order chi connectivity index (χ1) is 23.3. The third kappa shape index (κ3) is 4.80. The normalized spacial score (nSPS) is 14.7. The molecule has 0 heterocycles. The number of hydrogen-bond donors (Lipinski definition) is 0. The fourth-order valence-electron chi connectivity index (χ4n) is 8.23. The van der Waals surface area contributed by atoms with Crippen molar-refractivity contribution in [2.75, 3.05) is 0 Å². The summed E-state index contributed by atoms with van der Waals surface area (Å²) in [6.07, 6.45) is 2.53. The van der Waals surface area contributed by atoms with E-state index in [-0.39, 0.29) is 0 Å². The van der Waals surface area contributed by atoms with Crippen LogP contribution in [0, 0.1) is 0 Å². The number of rotatable bonds is 5. The Labute approximate surface area is 284 Å². The van der Waals surface area contributed by atoms with E-state index in [1.54, 1.807) is 3.21 Å². The second-order valence-electron chi connectivity index (χ2n) is 12.9. The van der Waals surface area contributed by atoms with Gasteiger partial charge in [-0.05, 0) is 0 Å². The second-order valence-corrected chi connectivity index (χ2v) is 19.2. The van der Waals surface area contributed by atoms with Crippen molar-refractivity contribution in [3.8, 4) is 22.3 Å². The van der Waals surface area contributed by atoms with E-state index in [4.69, 9.17) is 0 Å². The summed E-state index contributed by atoms with van der Waals surface area (Å²) in [6, 6.07) is 63.8. The van der Waals surface area contributed by atoms with Crippen molar-refractivity contribution in [3.63, 3.8) is 0 Å². The molecule has 0 radical (unpaired) electrons. The van der Waals surface area contributed by atoms with Gasteiger partial charge in [-0.1, -0.05) is 0 Å². The van der Waals surface area contributed by atoms with Gasteiger partial charge < -0.3 is 0 Å². The van der Waals surface area contributed by atoms with Crippen LogP contribution in [0.1, 0.15) is 47.6 Å². The number of fused-ring (bicyclic) bond motifs is 5. The molecule has 0 nitrogen and oxygen atoms in total. The Morgan fingerprint density at radius 2 is 0.979 bits per heavy atom. The van der Waals surface area contributed by atoms with Gasteiger partial charge in [0.25, 0.3) is 0 Å². The summed E-state index contributed by atoms with van der Waals surface area (Å²) in [5.41, 5.74) is 15.7. The van der Waals surface area contributed by atoms with Crippen molar-refractivity contribution in [2.45, 2.75) is 14.2 Å². The van der Waals surface area contributed by atoms with Crippen LogP contribution in [0.3, 0.4) is 0 Å². The van der Waals surface area contributed by atoms with Gasteiger partial charge in [0.2, 0.25) is 0 Å². The zero-order valence-corrected chi connectivity index (χ0v) is 28.9. The molecular formula is C46H34Zr. The Morgan fingerprint density at radius 3 is 1.64 bits per heavy atom. The van der Waals surface area contributed by atoms with Crippen molar-refractivity contribution in [1.29, 1.82) is 0 Å². The van der Waals surface area contributed by atoms with E-state index < -0.39 is 21.3 Å². The summed E-state index contributed by atoms with van der Waals surface area (Å²) in [5.74, 6) is 0. The molecule has 0 saturated heterocycles. The van der Waals surface area contributed by atoms with Gasteiger partial charge in [-0.3, -0.25) is 0 Å². The first-order valence-electron chi connectivity index (χ1n) is 16.6. The maximum absolute atomic E-state index is 2.87. The molecule has 1 unspecified atom stereocenters. The van der Waals surface area contributed by atoms with E-state index in [9.17, 15) is 0 Å². The number of allylic oxidation sites excluding steroid dienone is 1. The molecule has 0 aromatic heterocycles. The fourth-order valence-corrected chi connectivity index (χ4v) is 18.7. The van der Waals surface area contributed by atoms with Crippen LogP contribution in [0.5, 0.6) is 0 Å². The van der Waals surface area contributed by atoms with E-state index in [1.165, 1.54) is 72.0 Å². The van der Waals surface area contributed by atoms with Crippen LogP contribution in [0.25, 0.3) is 39.1 Å². The van der Waals surface area contributed by atoms with Crippen LogP contribution >= 0.6 is 0 Å². The van der Waals surface area contributed by atoms with E-state index in [0.717, 1.165) is 0 Å². The SMILES string of the molecule is CC1=Cc2c(-c3ccc4ccccc4c3)cccc2[CH]1[Zr](=[C](c1ccccc1)c1ccccc1)[CH]1c2ccccc2-c2ccccc21. The van der Waals surface area contributed by atoms with Crippen LogP contribution in [0.15, 0.2) is 175 Å². The van der Waals surface area contributed by atoms with Gasteiger partial charge in [-0.25, -0.2) is 0 Å². The summed E-state index contributed by atoms with van der Waals surface area (Å²) >= 11 is -2.87. The molecule has 47 heavy (non-hydrogen) atoms. The molecule has 0 spiro atoms. The van der Waals surface area contributed by atoms with Crippen LogP contribution in [0.4, 0.5) is 0 Å². The van der Waals surface area contributed by atoms with Crippen molar-refractivity contribution in [1.82, 2.24) is 0 Å². The minimum absolute atomic E-state index is 0.392. The molecular weight excluding hydrogens is 644 g/mol. The van der Waals surface area contributed by atoms with E-state index in [2.05, 4.69) is 183 Å². The third-order valence-electron chi connectivity index (χ3n) is 10.2. The Kier molecular flexibility index (Phi) is 7.17. The Bertz CT molecular complexity index is 2270. The summed E-state index contributed by atoms with van der Waals surface area (Å²) in [7, 11) is 0. The average molecular weight is 678 g/mol. The Morgan fingerprint density at radius 1 is 0.447 bits per heavy atom. The van der Waals surface area contributed by atoms with Crippen LogP contribution in [-0.4, -0.2) is 3.21 Å². The van der Waals surface area contributed by atoms with Crippen LogP contribution in [-0.2, 0) is 21.3 Å². The molecule has 0 saturated carbocycles. The number of benzene rings is 7. The average Bonchev–Trinajstić information content (AvgIpc) is 3.65. The monoisotopic (exact) mass is 676 g/mol. The molecule has 0 bridgehead atoms. The minimum atomic E-state index is -2.87. The van der Waals surface area contributed by atoms with Crippen LogP contribution < -0.4 is 0 Å². The predicted octanol–water partition coefficient (Wildman–Crippen LogP) is 11.6. The van der Waals surface area contributed by atoms with E-state index in [0.29, 0.717) is 7.25 Å². The fraction of sp³-hybridized carbons (Fsp3) is 0.0652. The standard InChI is InChI=1S/C20H15.C13H9.C13H10.Zr/c1-14-11-17-7-4-8-19(20(17)12-14)18-10-9-15-5-2-3-6-16(15)13-18;1-3-7-12-10(5-1)9-11-6-2-4-8-13(11)12;1-3-7-12(8-4-1)11-13-9-5-2-6-10-13;/h2-13H,1H3;1-9H;1-10H;. The molecule has 2 aliphatic carbocycles. The molecule has 2 aliphatic rings. The van der Waals surface area contributed by atoms with Gasteiger partial charge in [-0.15, -0.1) is 0 Å². The van der Waals surface area contributed by atoms with Crippen molar-refractivity contribution in [3.05, 3.63) is 209 Å². The van der Waals surface area contributed by atoms with Gasteiger partial charge in [0.1, 0.15) is 0 Å². The molecule has 7 aromatic rings. The molecule has 9 rings (SSSR count). The molecule has 0 N–H and O–H groups in total. The molecule has 0 amide bonds. The summed E-state index contributed by atoms with van der Waals surface area (Å²) < 4.78 is 2.39. The van der Waals surface area contributed by atoms with Crippen LogP contribution in [0.2, 0.25) is 0 Å². The van der Waals surface area contributed by atoms with Gasteiger partial charge in [0, 0.05) is 0 Å². The van der Waals surface area contributed by atoms with Gasteiger partial charge in [0.05, 0.1) is 0 Å². The van der Waals surface area contributed by atoms with Crippen molar-refractivity contribution >= 4 is 20.1 Å². The first kappa shape index (κ1) is 28.5. The first-order valence-corrected chi connectivity index (χ1v) is 20.7. The quantitative estimate of drug-likeness (QED) is 0.170. The molecule has 1 atom stereocenters. The van der Waals surface area contributed by atoms with E-state index >= 15 is 0 Å².